The van der Waals surface area contributed by atoms with E-state index in [-0.39, 0.29) is 30.0 Å². The van der Waals surface area contributed by atoms with Crippen LogP contribution in [0.1, 0.15) is 65.7 Å². The van der Waals surface area contributed by atoms with Gasteiger partial charge in [0.15, 0.2) is 6.29 Å². The molecule has 5 aliphatic rings. The van der Waals surface area contributed by atoms with E-state index in [4.69, 9.17) is 13.7 Å². The Labute approximate surface area is 234 Å². The summed E-state index contributed by atoms with van der Waals surface area (Å²) >= 11 is 0. The first kappa shape index (κ1) is 30.4. The first-order valence-corrected chi connectivity index (χ1v) is 16.3. The van der Waals surface area contributed by atoms with Crippen LogP contribution in [0.2, 0.25) is 0 Å². The molecule has 1 heterocycles. The minimum absolute atomic E-state index is 0.0260. The van der Waals surface area contributed by atoms with Crippen LogP contribution in [0.5, 0.6) is 0 Å². The second-order valence-corrected chi connectivity index (χ2v) is 14.5. The molecule has 4 aliphatic carbocycles. The molecule has 4 fully saturated rings. The highest BCUT2D eigenvalue weighted by Crippen LogP contribution is 2.64. The van der Waals surface area contributed by atoms with E-state index in [0.717, 1.165) is 6.42 Å². The van der Waals surface area contributed by atoms with Gasteiger partial charge in [-0.1, -0.05) is 25.5 Å². The first-order chi connectivity index (χ1) is 18.4. The highest BCUT2D eigenvalue weighted by Gasteiger charge is 2.60. The Kier molecular flexibility index (Phi) is 7.85. The van der Waals surface area contributed by atoms with Crippen molar-refractivity contribution in [3.8, 4) is 0 Å². The zero-order valence-electron chi connectivity index (χ0n) is 22.5. The molecule has 1 saturated heterocycles. The summed E-state index contributed by atoms with van der Waals surface area (Å²) in [7, 11) is -10.1. The van der Waals surface area contributed by atoms with E-state index < -0.39 is 74.5 Å². The highest BCUT2D eigenvalue weighted by molar-refractivity contribution is 7.81. The summed E-state index contributed by atoms with van der Waals surface area (Å²) in [5, 5.41) is 21.4. The molecule has 0 bridgehead atoms. The predicted molar refractivity (Wildman–Crippen MR) is 132 cm³/mol. The van der Waals surface area contributed by atoms with Crippen molar-refractivity contribution in [1.82, 2.24) is 0 Å². The van der Waals surface area contributed by atoms with Gasteiger partial charge < -0.3 is 28.8 Å². The third-order valence-corrected chi connectivity index (χ3v) is 11.2. The number of ether oxygens (including phenoxy) is 2. The second kappa shape index (κ2) is 10.3. The van der Waals surface area contributed by atoms with Crippen molar-refractivity contribution in [2.75, 3.05) is 0 Å². The molecule has 0 aromatic heterocycles. The lowest BCUT2D eigenvalue weighted by atomic mass is 9.48. The van der Waals surface area contributed by atoms with Gasteiger partial charge in [0, 0.05) is 11.8 Å². The lowest BCUT2D eigenvalue weighted by Crippen LogP contribution is -2.61. The number of aliphatic hydroxyl groups is 2. The summed E-state index contributed by atoms with van der Waals surface area (Å²) in [6.07, 6.45) is -3.95. The molecule has 5 rings (SSSR count). The fourth-order valence-corrected chi connectivity index (χ4v) is 9.30. The smallest absolute Gasteiger partial charge is 0.218 e. The number of rotatable bonds is 6. The molecule has 0 radical (unpaired) electrons. The normalized spacial score (nSPS) is 47.7. The SMILES string of the molecule is CC1O[C@@H](OC2CC3C(=CC[C@]4(C)C(=O)CCC34)[C@@]3(C)CC[C@H](OS(=O)(=O)[O-])CC23)C(O)C(O)[C@@H]1OS(=O)(=O)[O-]. The lowest BCUT2D eigenvalue weighted by Gasteiger charge is -2.59. The Bertz CT molecular complexity index is 1270. The van der Waals surface area contributed by atoms with E-state index in [1.165, 1.54) is 12.5 Å². The standard InChI is InChI=1S/C25H38O13S2/c1-12-22(38-40(32,33)34)20(27)21(28)23(35-12)36-18-11-14-15-4-5-19(26)25(15,3)9-7-16(14)24(2)8-6-13(10-17(18)24)37-39(29,30)31/h7,12-15,17-18,20-23,27-28H,4-6,8-11H2,1-3H3,(H,29,30,31)(H,32,33,34)/p-2/t12?,13-,14?,15?,17?,18?,20?,21?,22+,23-,24+,25-/m0/s1. The number of carbonyl (C=O) groups excluding carboxylic acids is 1. The van der Waals surface area contributed by atoms with Gasteiger partial charge in [0.25, 0.3) is 0 Å². The van der Waals surface area contributed by atoms with E-state index in [9.17, 15) is 40.9 Å². The highest BCUT2D eigenvalue weighted by atomic mass is 32.3. The van der Waals surface area contributed by atoms with Crippen LogP contribution in [-0.2, 0) is 43.4 Å². The predicted octanol–water partition coefficient (Wildman–Crippen LogP) is 0.671. The summed E-state index contributed by atoms with van der Waals surface area (Å²) in [5.41, 5.74) is 0.198. The molecule has 0 spiro atoms. The molecule has 0 amide bonds. The van der Waals surface area contributed by atoms with Crippen LogP contribution in [0.15, 0.2) is 11.6 Å². The van der Waals surface area contributed by atoms with Crippen molar-refractivity contribution in [1.29, 1.82) is 0 Å². The van der Waals surface area contributed by atoms with Crippen LogP contribution in [-0.4, -0.2) is 84.9 Å². The second-order valence-electron chi connectivity index (χ2n) is 12.5. The van der Waals surface area contributed by atoms with E-state index in [0.29, 0.717) is 32.1 Å². The van der Waals surface area contributed by atoms with Gasteiger partial charge >= 0.3 is 0 Å². The van der Waals surface area contributed by atoms with Crippen molar-refractivity contribution in [3.05, 3.63) is 11.6 Å². The molecule has 1 aliphatic heterocycles. The molecular weight excluding hydrogens is 572 g/mol. The van der Waals surface area contributed by atoms with Crippen molar-refractivity contribution in [3.63, 3.8) is 0 Å². The Hall–Kier alpha value is -1.01. The van der Waals surface area contributed by atoms with E-state index in [2.05, 4.69) is 17.2 Å². The third-order valence-electron chi connectivity index (χ3n) is 10.3. The fourth-order valence-electron chi connectivity index (χ4n) is 8.25. The molecular formula is C25H36O13S2-2. The van der Waals surface area contributed by atoms with Gasteiger partial charge in [0.1, 0.15) is 24.1 Å². The monoisotopic (exact) mass is 608 g/mol. The molecule has 0 aromatic rings. The quantitative estimate of drug-likeness (QED) is 0.242. The summed E-state index contributed by atoms with van der Waals surface area (Å²) in [5.74, 6) is -0.0996. The molecule has 3 saturated carbocycles. The Morgan fingerprint density at radius 2 is 1.65 bits per heavy atom. The van der Waals surface area contributed by atoms with Crippen molar-refractivity contribution >= 4 is 26.6 Å². The number of fused-ring (bicyclic) bond motifs is 5. The van der Waals surface area contributed by atoms with Crippen LogP contribution < -0.4 is 0 Å². The summed E-state index contributed by atoms with van der Waals surface area (Å²) < 4.78 is 88.8. The van der Waals surface area contributed by atoms with Crippen LogP contribution in [0.3, 0.4) is 0 Å². The minimum atomic E-state index is -5.20. The van der Waals surface area contributed by atoms with Gasteiger partial charge in [-0.3, -0.25) is 13.2 Å². The van der Waals surface area contributed by atoms with Crippen LogP contribution in [0.4, 0.5) is 0 Å². The van der Waals surface area contributed by atoms with Crippen molar-refractivity contribution < 1.29 is 58.8 Å². The minimum Gasteiger partial charge on any atom is -0.726 e. The molecule has 12 atom stereocenters. The summed E-state index contributed by atoms with van der Waals surface area (Å²) in [6, 6.07) is 0. The molecule has 40 heavy (non-hydrogen) atoms. The first-order valence-electron chi connectivity index (χ1n) is 13.6. The number of aliphatic hydroxyl groups excluding tert-OH is 2. The van der Waals surface area contributed by atoms with Crippen LogP contribution >= 0.6 is 0 Å². The largest absolute Gasteiger partial charge is 0.726 e. The van der Waals surface area contributed by atoms with E-state index in [1.807, 2.05) is 6.92 Å². The van der Waals surface area contributed by atoms with E-state index in [1.54, 1.807) is 0 Å². The maximum atomic E-state index is 12.9. The number of hydrogen-bond donors (Lipinski definition) is 2. The maximum absolute atomic E-state index is 12.9. The zero-order chi connectivity index (χ0) is 29.4. The number of Topliss-reactive ketones (excluding diaryl/α,β-unsaturated/α-hetero) is 1. The Balaban J connectivity index is 1.45. The third kappa shape index (κ3) is 5.42. The molecule has 0 aromatic carbocycles. The number of hydrogen-bond acceptors (Lipinski definition) is 13. The van der Waals surface area contributed by atoms with Gasteiger partial charge in [-0.05, 0) is 68.6 Å². The molecule has 13 nitrogen and oxygen atoms in total. The van der Waals surface area contributed by atoms with Crippen molar-refractivity contribution in [2.45, 2.75) is 109 Å². The maximum Gasteiger partial charge on any atom is 0.218 e. The van der Waals surface area contributed by atoms with Crippen LogP contribution in [0, 0.1) is 28.6 Å². The fraction of sp³-hybridized carbons (Fsp3) is 0.880. The molecule has 15 heteroatoms. The molecule has 228 valence electrons. The van der Waals surface area contributed by atoms with Gasteiger partial charge in [-0.2, -0.15) is 0 Å². The average Bonchev–Trinajstić information content (AvgIpc) is 3.14. The summed E-state index contributed by atoms with van der Waals surface area (Å²) in [4.78, 5) is 12.9. The number of allylic oxidation sites excluding steroid dienone is 2. The molecule has 7 unspecified atom stereocenters. The Morgan fingerprint density at radius 1 is 0.975 bits per heavy atom. The lowest BCUT2D eigenvalue weighted by molar-refractivity contribution is -0.312. The van der Waals surface area contributed by atoms with Gasteiger partial charge in [0.05, 0.1) is 18.3 Å². The zero-order valence-corrected chi connectivity index (χ0v) is 24.1. The average molecular weight is 609 g/mol. The van der Waals surface area contributed by atoms with Gasteiger partial charge in [-0.25, -0.2) is 16.8 Å². The number of carbonyl (C=O) groups is 1. The number of ketones is 1. The van der Waals surface area contributed by atoms with Crippen LogP contribution in [0.25, 0.3) is 0 Å². The van der Waals surface area contributed by atoms with Gasteiger partial charge in [0.2, 0.25) is 20.8 Å². The van der Waals surface area contributed by atoms with E-state index >= 15 is 0 Å². The molecule has 2 N–H and O–H groups in total. The summed E-state index contributed by atoms with van der Waals surface area (Å²) in [6.45, 7) is 5.42. The van der Waals surface area contributed by atoms with Gasteiger partial charge in [-0.15, -0.1) is 0 Å². The topological polar surface area (TPSA) is 209 Å². The van der Waals surface area contributed by atoms with Crippen molar-refractivity contribution in [2.24, 2.45) is 28.6 Å². The Morgan fingerprint density at radius 3 is 2.30 bits per heavy atom.